The van der Waals surface area contributed by atoms with Gasteiger partial charge >= 0.3 is 6.09 Å². The third-order valence-corrected chi connectivity index (χ3v) is 2.99. The Hall–Kier alpha value is -2.49. The molecule has 0 atom stereocenters. The van der Waals surface area contributed by atoms with Crippen molar-refractivity contribution in [3.63, 3.8) is 0 Å². The molecule has 2 aromatic carbocycles. The Kier molecular flexibility index (Phi) is 4.71. The number of nitrogens with two attached hydrogens (primary N) is 1. The second-order valence-corrected chi connectivity index (χ2v) is 6.24. The predicted molar refractivity (Wildman–Crippen MR) is 90.0 cm³/mol. The molecule has 116 valence electrons. The number of ether oxygens (including phenoxy) is 1. The van der Waals surface area contributed by atoms with Crippen LogP contribution in [0.5, 0.6) is 0 Å². The molecule has 0 aliphatic carbocycles. The van der Waals surface area contributed by atoms with Crippen LogP contribution in [0.15, 0.2) is 48.5 Å². The van der Waals surface area contributed by atoms with Gasteiger partial charge in [0.2, 0.25) is 0 Å². The van der Waals surface area contributed by atoms with Gasteiger partial charge in [-0.25, -0.2) is 4.79 Å². The Morgan fingerprint density at radius 3 is 2.00 bits per heavy atom. The van der Waals surface area contributed by atoms with E-state index in [0.29, 0.717) is 0 Å². The molecule has 2 aromatic rings. The second-order valence-electron chi connectivity index (χ2n) is 6.24. The van der Waals surface area contributed by atoms with Crippen LogP contribution in [0, 0.1) is 0 Å². The van der Waals surface area contributed by atoms with Crippen molar-refractivity contribution in [3.05, 3.63) is 59.7 Å². The smallest absolute Gasteiger partial charge is 0.412 e. The van der Waals surface area contributed by atoms with Gasteiger partial charge in [0.1, 0.15) is 5.60 Å². The van der Waals surface area contributed by atoms with Crippen molar-refractivity contribution >= 4 is 17.5 Å². The highest BCUT2D eigenvalue weighted by atomic mass is 16.6. The first-order valence-electron chi connectivity index (χ1n) is 7.25. The number of carbonyl (C=O) groups excluding carboxylic acids is 1. The Bertz CT molecular complexity index is 626. The third kappa shape index (κ3) is 5.13. The summed E-state index contributed by atoms with van der Waals surface area (Å²) in [7, 11) is 0. The molecule has 0 fully saturated rings. The molecule has 0 heterocycles. The summed E-state index contributed by atoms with van der Waals surface area (Å²) in [6, 6.07) is 15.5. The Morgan fingerprint density at radius 1 is 1.00 bits per heavy atom. The number of hydrogen-bond donors (Lipinski definition) is 2. The summed E-state index contributed by atoms with van der Waals surface area (Å²) in [6.45, 7) is 5.51. The zero-order valence-electron chi connectivity index (χ0n) is 13.2. The van der Waals surface area contributed by atoms with Gasteiger partial charge < -0.3 is 10.5 Å². The monoisotopic (exact) mass is 298 g/mol. The van der Waals surface area contributed by atoms with Crippen molar-refractivity contribution in [3.8, 4) is 0 Å². The summed E-state index contributed by atoms with van der Waals surface area (Å²) in [5.74, 6) is 0. The van der Waals surface area contributed by atoms with Crippen LogP contribution in [0.1, 0.15) is 31.9 Å². The second kappa shape index (κ2) is 6.52. The molecule has 22 heavy (non-hydrogen) atoms. The third-order valence-electron chi connectivity index (χ3n) is 2.99. The maximum Gasteiger partial charge on any atom is 0.412 e. The molecule has 4 nitrogen and oxygen atoms in total. The quantitative estimate of drug-likeness (QED) is 0.834. The first-order chi connectivity index (χ1) is 10.3. The zero-order chi connectivity index (χ0) is 16.2. The Morgan fingerprint density at radius 2 is 1.50 bits per heavy atom. The molecular formula is C18H22N2O2. The molecule has 0 bridgehead atoms. The molecule has 0 aromatic heterocycles. The molecule has 0 radical (unpaired) electrons. The first kappa shape index (κ1) is 15.9. The SMILES string of the molecule is CC(C)(C)OC(=O)Nc1ccc(Cc2ccc(N)cc2)cc1. The van der Waals surface area contributed by atoms with E-state index in [9.17, 15) is 4.79 Å². The largest absolute Gasteiger partial charge is 0.444 e. The van der Waals surface area contributed by atoms with Crippen molar-refractivity contribution in [2.75, 3.05) is 11.1 Å². The number of hydrogen-bond acceptors (Lipinski definition) is 3. The maximum atomic E-state index is 11.7. The van der Waals surface area contributed by atoms with Crippen molar-refractivity contribution in [2.24, 2.45) is 0 Å². The molecule has 4 heteroatoms. The van der Waals surface area contributed by atoms with Gasteiger partial charge in [0.05, 0.1) is 0 Å². The molecule has 0 unspecified atom stereocenters. The van der Waals surface area contributed by atoms with Crippen LogP contribution in [0.3, 0.4) is 0 Å². The van der Waals surface area contributed by atoms with Gasteiger partial charge in [-0.3, -0.25) is 5.32 Å². The molecule has 1 amide bonds. The number of nitrogens with one attached hydrogen (secondary N) is 1. The number of amides is 1. The normalized spacial score (nSPS) is 11.0. The van der Waals surface area contributed by atoms with Crippen LogP contribution >= 0.6 is 0 Å². The lowest BCUT2D eigenvalue weighted by Crippen LogP contribution is -2.27. The molecule has 2 rings (SSSR count). The number of rotatable bonds is 3. The molecular weight excluding hydrogens is 276 g/mol. The van der Waals surface area contributed by atoms with Gasteiger partial charge in [-0.2, -0.15) is 0 Å². The average molecular weight is 298 g/mol. The maximum absolute atomic E-state index is 11.7. The lowest BCUT2D eigenvalue weighted by Gasteiger charge is -2.19. The summed E-state index contributed by atoms with van der Waals surface area (Å²) in [4.78, 5) is 11.7. The van der Waals surface area contributed by atoms with Crippen LogP contribution in [0.25, 0.3) is 0 Å². The van der Waals surface area contributed by atoms with Gasteiger partial charge in [0, 0.05) is 11.4 Å². The van der Waals surface area contributed by atoms with E-state index in [2.05, 4.69) is 5.32 Å². The highest BCUT2D eigenvalue weighted by Crippen LogP contribution is 2.16. The fourth-order valence-corrected chi connectivity index (χ4v) is 2.00. The summed E-state index contributed by atoms with van der Waals surface area (Å²) in [5.41, 5.74) is 9.02. The minimum atomic E-state index is -0.501. The number of anilines is 2. The van der Waals surface area contributed by atoms with E-state index < -0.39 is 11.7 Å². The predicted octanol–water partition coefficient (Wildman–Crippen LogP) is 4.21. The minimum absolute atomic E-state index is 0.446. The van der Waals surface area contributed by atoms with Crippen LogP contribution in [-0.4, -0.2) is 11.7 Å². The van der Waals surface area contributed by atoms with E-state index in [4.69, 9.17) is 10.5 Å². The number of benzene rings is 2. The summed E-state index contributed by atoms with van der Waals surface area (Å²) in [5, 5.41) is 2.72. The topological polar surface area (TPSA) is 64.3 Å². The van der Waals surface area contributed by atoms with Crippen molar-refractivity contribution < 1.29 is 9.53 Å². The minimum Gasteiger partial charge on any atom is -0.444 e. The van der Waals surface area contributed by atoms with E-state index in [1.54, 1.807) is 0 Å². The molecule has 0 saturated heterocycles. The first-order valence-corrected chi connectivity index (χ1v) is 7.25. The molecule has 3 N–H and O–H groups in total. The average Bonchev–Trinajstić information content (AvgIpc) is 2.41. The Balaban J connectivity index is 1.95. The van der Waals surface area contributed by atoms with Crippen molar-refractivity contribution in [1.82, 2.24) is 0 Å². The fraction of sp³-hybridized carbons (Fsp3) is 0.278. The van der Waals surface area contributed by atoms with E-state index in [1.807, 2.05) is 69.3 Å². The number of carbonyl (C=O) groups is 1. The highest BCUT2D eigenvalue weighted by Gasteiger charge is 2.15. The van der Waals surface area contributed by atoms with E-state index in [-0.39, 0.29) is 0 Å². The Labute approximate surface area is 131 Å². The van der Waals surface area contributed by atoms with E-state index >= 15 is 0 Å². The summed E-state index contributed by atoms with van der Waals surface area (Å²) >= 11 is 0. The van der Waals surface area contributed by atoms with Crippen LogP contribution in [-0.2, 0) is 11.2 Å². The van der Waals surface area contributed by atoms with Crippen molar-refractivity contribution in [2.45, 2.75) is 32.8 Å². The molecule has 0 aliphatic heterocycles. The molecule has 0 saturated carbocycles. The standard InChI is InChI=1S/C18H22N2O2/c1-18(2,3)22-17(21)20-16-10-6-14(7-11-16)12-13-4-8-15(19)9-5-13/h4-11H,12,19H2,1-3H3,(H,20,21). The zero-order valence-corrected chi connectivity index (χ0v) is 13.2. The lowest BCUT2D eigenvalue weighted by molar-refractivity contribution is 0.0636. The van der Waals surface area contributed by atoms with Gasteiger partial charge in [0.25, 0.3) is 0 Å². The highest BCUT2D eigenvalue weighted by molar-refractivity contribution is 5.84. The van der Waals surface area contributed by atoms with Gasteiger partial charge in [-0.15, -0.1) is 0 Å². The van der Waals surface area contributed by atoms with Crippen LogP contribution < -0.4 is 11.1 Å². The van der Waals surface area contributed by atoms with E-state index in [1.165, 1.54) is 11.1 Å². The summed E-state index contributed by atoms with van der Waals surface area (Å²) in [6.07, 6.45) is 0.381. The van der Waals surface area contributed by atoms with Crippen LogP contribution in [0.4, 0.5) is 16.2 Å². The molecule has 0 aliphatic rings. The fourth-order valence-electron chi connectivity index (χ4n) is 2.00. The van der Waals surface area contributed by atoms with Crippen LogP contribution in [0.2, 0.25) is 0 Å². The number of nitrogen functional groups attached to an aromatic ring is 1. The van der Waals surface area contributed by atoms with Gasteiger partial charge in [0.15, 0.2) is 0 Å². The van der Waals surface area contributed by atoms with Gasteiger partial charge in [-0.05, 0) is 62.6 Å². The lowest BCUT2D eigenvalue weighted by atomic mass is 10.0. The van der Waals surface area contributed by atoms with Gasteiger partial charge in [-0.1, -0.05) is 24.3 Å². The van der Waals surface area contributed by atoms with E-state index in [0.717, 1.165) is 17.8 Å². The molecule has 0 spiro atoms. The van der Waals surface area contributed by atoms with Crippen molar-refractivity contribution in [1.29, 1.82) is 0 Å². The summed E-state index contributed by atoms with van der Waals surface area (Å²) < 4.78 is 5.22.